The van der Waals surface area contributed by atoms with E-state index in [0.29, 0.717) is 6.07 Å². The average Bonchev–Trinajstić information content (AvgIpc) is 2.89. The molecule has 7 nitrogen and oxygen atoms in total. The maximum Gasteiger partial charge on any atom is 0.279 e. The highest BCUT2D eigenvalue weighted by molar-refractivity contribution is 7.87. The number of aromatic nitrogens is 1. The standard InChI is InChI=1S/C15H22F2N4O3S/c1-9(2)11-7-21(8-13(11)19-25(23,24)20(3)4)15(22)14-12(17)5-10(16)6-18-14/h5-6,9,11,13,19H,7-8H2,1-4H3. The van der Waals surface area contributed by atoms with E-state index in [4.69, 9.17) is 0 Å². The summed E-state index contributed by atoms with van der Waals surface area (Å²) in [5, 5.41) is 0. The molecule has 0 radical (unpaired) electrons. The number of nitrogens with zero attached hydrogens (tertiary/aromatic N) is 3. The number of halogens is 2. The van der Waals surface area contributed by atoms with Crippen LogP contribution in [0.2, 0.25) is 0 Å². The van der Waals surface area contributed by atoms with Crippen LogP contribution in [0.1, 0.15) is 24.3 Å². The van der Waals surface area contributed by atoms with Gasteiger partial charge in [-0.25, -0.2) is 13.8 Å². The minimum atomic E-state index is -3.67. The van der Waals surface area contributed by atoms with Gasteiger partial charge in [-0.1, -0.05) is 13.8 Å². The Morgan fingerprint density at radius 2 is 2.00 bits per heavy atom. The van der Waals surface area contributed by atoms with Crippen molar-refractivity contribution in [3.8, 4) is 0 Å². The van der Waals surface area contributed by atoms with Gasteiger partial charge in [0.25, 0.3) is 16.1 Å². The molecule has 1 fully saturated rings. The Hall–Kier alpha value is -1.65. The SMILES string of the molecule is CC(C)C1CN(C(=O)c2ncc(F)cc2F)CC1NS(=O)(=O)N(C)C. The summed E-state index contributed by atoms with van der Waals surface area (Å²) in [6.07, 6.45) is 0.776. The third-order valence-corrected chi connectivity index (χ3v) is 5.86. The zero-order chi connectivity index (χ0) is 18.9. The number of amides is 1. The van der Waals surface area contributed by atoms with Crippen molar-refractivity contribution < 1.29 is 22.0 Å². The maximum atomic E-state index is 13.8. The number of rotatable bonds is 5. The summed E-state index contributed by atoms with van der Waals surface area (Å²) in [7, 11) is -0.859. The molecule has 2 heterocycles. The van der Waals surface area contributed by atoms with Crippen LogP contribution in [0, 0.1) is 23.5 Å². The first-order valence-corrected chi connectivity index (χ1v) is 9.27. The Morgan fingerprint density at radius 1 is 1.36 bits per heavy atom. The normalized spacial score (nSPS) is 21.4. The highest BCUT2D eigenvalue weighted by atomic mass is 32.2. The van der Waals surface area contributed by atoms with Gasteiger partial charge in [-0.3, -0.25) is 4.79 Å². The molecule has 1 aliphatic heterocycles. The molecule has 2 atom stereocenters. The van der Waals surface area contributed by atoms with Gasteiger partial charge in [0, 0.05) is 39.3 Å². The van der Waals surface area contributed by atoms with Crippen molar-refractivity contribution in [2.45, 2.75) is 19.9 Å². The molecule has 1 saturated heterocycles. The lowest BCUT2D eigenvalue weighted by Gasteiger charge is -2.24. The molecular formula is C15H22F2N4O3S. The Labute approximate surface area is 146 Å². The molecule has 0 saturated carbocycles. The van der Waals surface area contributed by atoms with Crippen LogP contribution >= 0.6 is 0 Å². The predicted molar refractivity (Wildman–Crippen MR) is 87.9 cm³/mol. The van der Waals surface area contributed by atoms with Crippen LogP contribution in [-0.4, -0.2) is 61.7 Å². The molecular weight excluding hydrogens is 354 g/mol. The van der Waals surface area contributed by atoms with Gasteiger partial charge < -0.3 is 4.90 Å². The number of hydrogen-bond donors (Lipinski definition) is 1. The van der Waals surface area contributed by atoms with E-state index in [9.17, 15) is 22.0 Å². The van der Waals surface area contributed by atoms with Crippen LogP contribution in [0.5, 0.6) is 0 Å². The average molecular weight is 376 g/mol. The monoisotopic (exact) mass is 376 g/mol. The molecule has 0 bridgehead atoms. The van der Waals surface area contributed by atoms with Crippen molar-refractivity contribution >= 4 is 16.1 Å². The first-order chi connectivity index (χ1) is 11.5. The van der Waals surface area contributed by atoms with Crippen LogP contribution in [0.15, 0.2) is 12.3 Å². The minimum absolute atomic E-state index is 0.0905. The van der Waals surface area contributed by atoms with E-state index < -0.39 is 39.5 Å². The van der Waals surface area contributed by atoms with Crippen molar-refractivity contribution in [2.75, 3.05) is 27.2 Å². The smallest absolute Gasteiger partial charge is 0.279 e. The van der Waals surface area contributed by atoms with Crippen LogP contribution < -0.4 is 4.72 Å². The van der Waals surface area contributed by atoms with Crippen molar-refractivity contribution in [1.29, 1.82) is 0 Å². The van der Waals surface area contributed by atoms with E-state index in [2.05, 4.69) is 9.71 Å². The molecule has 2 unspecified atom stereocenters. The molecule has 0 aromatic carbocycles. The molecule has 25 heavy (non-hydrogen) atoms. The summed E-state index contributed by atoms with van der Waals surface area (Å²) >= 11 is 0. The number of likely N-dealkylation sites (tertiary alicyclic amines) is 1. The highest BCUT2D eigenvalue weighted by Gasteiger charge is 2.40. The van der Waals surface area contributed by atoms with E-state index in [0.717, 1.165) is 10.5 Å². The summed E-state index contributed by atoms with van der Waals surface area (Å²) in [5.74, 6) is -2.63. The Morgan fingerprint density at radius 3 is 2.52 bits per heavy atom. The first kappa shape index (κ1) is 19.7. The molecule has 1 amide bonds. The molecule has 10 heteroatoms. The summed E-state index contributed by atoms with van der Waals surface area (Å²) < 4.78 is 54.6. The van der Waals surface area contributed by atoms with Crippen molar-refractivity contribution in [2.24, 2.45) is 11.8 Å². The Balaban J connectivity index is 2.22. The van der Waals surface area contributed by atoms with Gasteiger partial charge in [-0.05, 0) is 11.8 Å². The number of carbonyl (C=O) groups excluding carboxylic acids is 1. The molecule has 0 aliphatic carbocycles. The molecule has 2 rings (SSSR count). The molecule has 1 aliphatic rings. The van der Waals surface area contributed by atoms with Gasteiger partial charge in [-0.2, -0.15) is 17.4 Å². The van der Waals surface area contributed by atoms with Gasteiger partial charge in [0.05, 0.1) is 6.20 Å². The first-order valence-electron chi connectivity index (χ1n) is 7.83. The second-order valence-corrected chi connectivity index (χ2v) is 8.53. The Kier molecular flexibility index (Phi) is 5.75. The quantitative estimate of drug-likeness (QED) is 0.826. The molecule has 0 spiro atoms. The fourth-order valence-corrected chi connectivity index (χ4v) is 3.66. The number of pyridine rings is 1. The second-order valence-electron chi connectivity index (χ2n) is 6.61. The number of carbonyl (C=O) groups is 1. The van der Waals surface area contributed by atoms with Crippen molar-refractivity contribution in [3.63, 3.8) is 0 Å². The summed E-state index contributed by atoms with van der Waals surface area (Å²) in [5.41, 5.74) is -0.472. The fraction of sp³-hybridized carbons (Fsp3) is 0.600. The lowest BCUT2D eigenvalue weighted by molar-refractivity contribution is 0.0771. The summed E-state index contributed by atoms with van der Waals surface area (Å²) in [6, 6.07) is 0.0995. The Bertz CT molecular complexity index is 755. The lowest BCUT2D eigenvalue weighted by Crippen LogP contribution is -2.46. The van der Waals surface area contributed by atoms with E-state index in [1.165, 1.54) is 19.0 Å². The van der Waals surface area contributed by atoms with Gasteiger partial charge in [0.15, 0.2) is 11.5 Å². The van der Waals surface area contributed by atoms with Crippen LogP contribution in [0.4, 0.5) is 8.78 Å². The van der Waals surface area contributed by atoms with Crippen LogP contribution in [-0.2, 0) is 10.2 Å². The zero-order valence-electron chi connectivity index (χ0n) is 14.5. The molecule has 1 aromatic rings. The fourth-order valence-electron chi connectivity index (χ4n) is 2.81. The topological polar surface area (TPSA) is 82.6 Å². The van der Waals surface area contributed by atoms with Gasteiger partial charge in [-0.15, -0.1) is 0 Å². The van der Waals surface area contributed by atoms with Gasteiger partial charge in [0.1, 0.15) is 5.82 Å². The largest absolute Gasteiger partial charge is 0.335 e. The molecule has 1 N–H and O–H groups in total. The van der Waals surface area contributed by atoms with E-state index in [1.807, 2.05) is 13.8 Å². The summed E-state index contributed by atoms with van der Waals surface area (Å²) in [4.78, 5) is 17.4. The van der Waals surface area contributed by atoms with Gasteiger partial charge in [0.2, 0.25) is 0 Å². The number of hydrogen-bond acceptors (Lipinski definition) is 4. The van der Waals surface area contributed by atoms with E-state index >= 15 is 0 Å². The number of nitrogens with one attached hydrogen (secondary N) is 1. The molecule has 140 valence electrons. The van der Waals surface area contributed by atoms with E-state index in [-0.39, 0.29) is 24.9 Å². The second kappa shape index (κ2) is 7.30. The zero-order valence-corrected chi connectivity index (χ0v) is 15.3. The maximum absolute atomic E-state index is 13.8. The minimum Gasteiger partial charge on any atom is -0.335 e. The van der Waals surface area contributed by atoms with E-state index in [1.54, 1.807) is 0 Å². The lowest BCUT2D eigenvalue weighted by atomic mass is 9.92. The molecule has 1 aromatic heterocycles. The summed E-state index contributed by atoms with van der Waals surface area (Å²) in [6.45, 7) is 4.20. The predicted octanol–water partition coefficient (Wildman–Crippen LogP) is 0.852. The third-order valence-electron chi connectivity index (χ3n) is 4.30. The van der Waals surface area contributed by atoms with Crippen molar-refractivity contribution in [3.05, 3.63) is 29.6 Å². The van der Waals surface area contributed by atoms with Crippen molar-refractivity contribution in [1.82, 2.24) is 18.9 Å². The van der Waals surface area contributed by atoms with Crippen LogP contribution in [0.25, 0.3) is 0 Å². The highest BCUT2D eigenvalue weighted by Crippen LogP contribution is 2.26. The third kappa shape index (κ3) is 4.31. The van der Waals surface area contributed by atoms with Gasteiger partial charge >= 0.3 is 0 Å². The van der Waals surface area contributed by atoms with Crippen LogP contribution in [0.3, 0.4) is 0 Å².